The van der Waals surface area contributed by atoms with Crippen LogP contribution in [0.3, 0.4) is 0 Å². The average molecular weight is 262 g/mol. The molecular weight excluding hydrogens is 247 g/mol. The second-order valence-corrected chi connectivity index (χ2v) is 4.18. The van der Waals surface area contributed by atoms with E-state index < -0.39 is 0 Å². The van der Waals surface area contributed by atoms with Gasteiger partial charge >= 0.3 is 0 Å². The number of benzene rings is 1. The molecule has 0 bridgehead atoms. The van der Waals surface area contributed by atoms with Crippen molar-refractivity contribution in [3.63, 3.8) is 0 Å². The molecule has 0 saturated heterocycles. The van der Waals surface area contributed by atoms with Gasteiger partial charge in [0.05, 0.1) is 6.20 Å². The topological polar surface area (TPSA) is 55.1 Å². The maximum Gasteiger partial charge on any atom is 0.256 e. The van der Waals surface area contributed by atoms with Gasteiger partial charge in [0.1, 0.15) is 11.4 Å². The Labute approximate surface area is 110 Å². The van der Waals surface area contributed by atoms with Crippen molar-refractivity contribution in [1.82, 2.24) is 10.5 Å². The summed E-state index contributed by atoms with van der Waals surface area (Å²) in [5.74, 6) is -0.208. The van der Waals surface area contributed by atoms with Gasteiger partial charge in [-0.1, -0.05) is 18.5 Å². The second-order valence-electron chi connectivity index (χ2n) is 4.18. The SMILES string of the molecule is CCCCNC(=O)c1cnoc1-c1ccc(F)cc1. The molecule has 1 aromatic carbocycles. The highest BCUT2D eigenvalue weighted by Crippen LogP contribution is 2.23. The van der Waals surface area contributed by atoms with Gasteiger partial charge in [-0.25, -0.2) is 4.39 Å². The number of nitrogens with one attached hydrogen (secondary N) is 1. The highest BCUT2D eigenvalue weighted by atomic mass is 19.1. The van der Waals surface area contributed by atoms with E-state index in [-0.39, 0.29) is 11.7 Å². The molecule has 19 heavy (non-hydrogen) atoms. The minimum atomic E-state index is -0.336. The van der Waals surface area contributed by atoms with E-state index in [2.05, 4.69) is 17.4 Å². The van der Waals surface area contributed by atoms with E-state index in [9.17, 15) is 9.18 Å². The number of nitrogens with zero attached hydrogens (tertiary/aromatic N) is 1. The molecule has 0 fully saturated rings. The number of hydrogen-bond donors (Lipinski definition) is 1. The third kappa shape index (κ3) is 3.19. The smallest absolute Gasteiger partial charge is 0.256 e. The van der Waals surface area contributed by atoms with Gasteiger partial charge in [-0.15, -0.1) is 0 Å². The lowest BCUT2D eigenvalue weighted by Crippen LogP contribution is -2.24. The molecule has 0 saturated carbocycles. The molecule has 5 heteroatoms. The summed E-state index contributed by atoms with van der Waals surface area (Å²) in [5.41, 5.74) is 0.988. The van der Waals surface area contributed by atoms with Crippen LogP contribution in [-0.4, -0.2) is 17.6 Å². The summed E-state index contributed by atoms with van der Waals surface area (Å²) in [7, 11) is 0. The van der Waals surface area contributed by atoms with Gasteiger partial charge in [0, 0.05) is 12.1 Å². The lowest BCUT2D eigenvalue weighted by molar-refractivity contribution is 0.0953. The Bertz CT molecular complexity index is 549. The molecule has 0 unspecified atom stereocenters. The van der Waals surface area contributed by atoms with Crippen LogP contribution < -0.4 is 5.32 Å². The predicted octanol–water partition coefficient (Wildman–Crippen LogP) is 3.01. The molecule has 0 aliphatic carbocycles. The van der Waals surface area contributed by atoms with Gasteiger partial charge in [0.15, 0.2) is 5.76 Å². The Morgan fingerprint density at radius 3 is 2.79 bits per heavy atom. The number of aromatic nitrogens is 1. The molecule has 4 nitrogen and oxygen atoms in total. The second kappa shape index (κ2) is 6.13. The highest BCUT2D eigenvalue weighted by molar-refractivity contribution is 5.99. The van der Waals surface area contributed by atoms with Crippen LogP contribution in [0.4, 0.5) is 4.39 Å². The maximum absolute atomic E-state index is 12.9. The van der Waals surface area contributed by atoms with E-state index in [1.54, 1.807) is 12.1 Å². The molecule has 2 aromatic rings. The molecule has 0 aliphatic rings. The van der Waals surface area contributed by atoms with Crippen molar-refractivity contribution in [1.29, 1.82) is 0 Å². The van der Waals surface area contributed by atoms with Crippen molar-refractivity contribution < 1.29 is 13.7 Å². The Balaban J connectivity index is 2.17. The predicted molar refractivity (Wildman–Crippen MR) is 69.1 cm³/mol. The summed E-state index contributed by atoms with van der Waals surface area (Å²) < 4.78 is 18.0. The summed E-state index contributed by atoms with van der Waals surface area (Å²) in [5, 5.41) is 6.44. The largest absolute Gasteiger partial charge is 0.355 e. The van der Waals surface area contributed by atoms with Gasteiger partial charge < -0.3 is 9.84 Å². The molecule has 1 heterocycles. The number of amides is 1. The number of unbranched alkanes of at least 4 members (excludes halogenated alkanes) is 1. The van der Waals surface area contributed by atoms with Gasteiger partial charge in [0.2, 0.25) is 0 Å². The molecule has 0 aliphatic heterocycles. The maximum atomic E-state index is 12.9. The molecule has 1 N–H and O–H groups in total. The van der Waals surface area contributed by atoms with Crippen LogP contribution in [0.1, 0.15) is 30.1 Å². The van der Waals surface area contributed by atoms with Crippen molar-refractivity contribution in [2.24, 2.45) is 0 Å². The number of carbonyl (C=O) groups excluding carboxylic acids is 1. The number of carbonyl (C=O) groups is 1. The molecular formula is C14H15FN2O2. The van der Waals surface area contributed by atoms with E-state index in [4.69, 9.17) is 4.52 Å². The van der Waals surface area contributed by atoms with Crippen LogP contribution in [0.15, 0.2) is 35.0 Å². The van der Waals surface area contributed by atoms with Crippen molar-refractivity contribution in [2.75, 3.05) is 6.54 Å². The Morgan fingerprint density at radius 1 is 1.37 bits per heavy atom. The number of halogens is 1. The van der Waals surface area contributed by atoms with Crippen molar-refractivity contribution in [3.8, 4) is 11.3 Å². The summed E-state index contributed by atoms with van der Waals surface area (Å²) >= 11 is 0. The fourth-order valence-corrected chi connectivity index (χ4v) is 1.68. The molecule has 1 aromatic heterocycles. The average Bonchev–Trinajstić information content (AvgIpc) is 2.89. The lowest BCUT2D eigenvalue weighted by atomic mass is 10.1. The van der Waals surface area contributed by atoms with Crippen LogP contribution in [0.25, 0.3) is 11.3 Å². The van der Waals surface area contributed by atoms with Crippen molar-refractivity contribution in [3.05, 3.63) is 41.8 Å². The fourth-order valence-electron chi connectivity index (χ4n) is 1.68. The van der Waals surface area contributed by atoms with Crippen LogP contribution >= 0.6 is 0 Å². The first-order valence-corrected chi connectivity index (χ1v) is 6.21. The molecule has 0 spiro atoms. The third-order valence-corrected chi connectivity index (χ3v) is 2.74. The zero-order valence-corrected chi connectivity index (χ0v) is 10.6. The van der Waals surface area contributed by atoms with Gasteiger partial charge in [-0.2, -0.15) is 0 Å². The van der Waals surface area contributed by atoms with Crippen LogP contribution in [0, 0.1) is 5.82 Å². The Morgan fingerprint density at radius 2 is 2.11 bits per heavy atom. The quantitative estimate of drug-likeness (QED) is 0.843. The highest BCUT2D eigenvalue weighted by Gasteiger charge is 2.17. The number of hydrogen-bond acceptors (Lipinski definition) is 3. The summed E-state index contributed by atoms with van der Waals surface area (Å²) in [4.78, 5) is 12.0. The van der Waals surface area contributed by atoms with E-state index in [1.807, 2.05) is 0 Å². The number of rotatable bonds is 5. The molecule has 0 atom stereocenters. The molecule has 0 radical (unpaired) electrons. The minimum absolute atomic E-state index is 0.228. The zero-order chi connectivity index (χ0) is 13.7. The first-order valence-electron chi connectivity index (χ1n) is 6.21. The fraction of sp³-hybridized carbons (Fsp3) is 0.286. The van der Waals surface area contributed by atoms with E-state index in [0.717, 1.165) is 12.8 Å². The van der Waals surface area contributed by atoms with Gasteiger partial charge in [-0.3, -0.25) is 4.79 Å². The van der Waals surface area contributed by atoms with Crippen molar-refractivity contribution >= 4 is 5.91 Å². The Kier molecular flexibility index (Phi) is 4.28. The van der Waals surface area contributed by atoms with Crippen LogP contribution in [0.2, 0.25) is 0 Å². The Hall–Kier alpha value is -2.17. The van der Waals surface area contributed by atoms with Gasteiger partial charge in [-0.05, 0) is 30.7 Å². The monoisotopic (exact) mass is 262 g/mol. The van der Waals surface area contributed by atoms with Gasteiger partial charge in [0.25, 0.3) is 5.91 Å². The van der Waals surface area contributed by atoms with Crippen LogP contribution in [0.5, 0.6) is 0 Å². The summed E-state index contributed by atoms with van der Waals surface area (Å²) in [6.45, 7) is 2.67. The van der Waals surface area contributed by atoms with E-state index in [0.29, 0.717) is 23.4 Å². The molecule has 2 rings (SSSR count). The first kappa shape index (κ1) is 13.3. The van der Waals surface area contributed by atoms with Crippen molar-refractivity contribution in [2.45, 2.75) is 19.8 Å². The first-order chi connectivity index (χ1) is 9.22. The summed E-state index contributed by atoms with van der Waals surface area (Å²) in [6.07, 6.45) is 3.30. The molecule has 100 valence electrons. The lowest BCUT2D eigenvalue weighted by Gasteiger charge is -2.03. The standard InChI is InChI=1S/C14H15FN2O2/c1-2-3-8-16-14(18)12-9-17-19-13(12)10-4-6-11(15)7-5-10/h4-7,9H,2-3,8H2,1H3,(H,16,18). The third-order valence-electron chi connectivity index (χ3n) is 2.74. The summed E-state index contributed by atoms with van der Waals surface area (Å²) in [6, 6.07) is 5.74. The zero-order valence-electron chi connectivity index (χ0n) is 10.6. The van der Waals surface area contributed by atoms with E-state index >= 15 is 0 Å². The van der Waals surface area contributed by atoms with Crippen LogP contribution in [-0.2, 0) is 0 Å². The van der Waals surface area contributed by atoms with E-state index in [1.165, 1.54) is 18.3 Å². The minimum Gasteiger partial charge on any atom is -0.355 e. The normalized spacial score (nSPS) is 10.4. The molecule has 1 amide bonds.